The number of amidine groups is 1. The molecule has 0 spiro atoms. The minimum Gasteiger partial charge on any atom is -0.309 e. The van der Waals surface area contributed by atoms with Gasteiger partial charge in [-0.05, 0) is 12.8 Å². The van der Waals surface area contributed by atoms with E-state index < -0.39 is 0 Å². The molecule has 1 saturated carbocycles. The van der Waals surface area contributed by atoms with Crippen LogP contribution in [0.2, 0.25) is 0 Å². The second kappa shape index (κ2) is 2.93. The van der Waals surface area contributed by atoms with Crippen molar-refractivity contribution in [1.29, 1.82) is 0 Å². The van der Waals surface area contributed by atoms with Crippen LogP contribution in [0.3, 0.4) is 0 Å². The lowest BCUT2D eigenvalue weighted by Gasteiger charge is -2.27. The third kappa shape index (κ3) is 1.08. The summed E-state index contributed by atoms with van der Waals surface area (Å²) in [7, 11) is 0. The molecule has 5 nitrogen and oxygen atoms in total. The highest BCUT2D eigenvalue weighted by Crippen LogP contribution is 2.35. The molecule has 2 atom stereocenters. The zero-order chi connectivity index (χ0) is 10.5. The van der Waals surface area contributed by atoms with Gasteiger partial charge in [0.05, 0.1) is 12.6 Å². The summed E-state index contributed by atoms with van der Waals surface area (Å²) in [5, 5.41) is 11.2. The Bertz CT molecular complexity index is 456. The van der Waals surface area contributed by atoms with E-state index in [-0.39, 0.29) is 0 Å². The standard InChI is InChI=1S/C11H13N5/c1-2-7-4-8-5-16-6-12-15-11(16)14-10(8)13-9(7)3-1/h4,6-7,9H,1-3,5H2,(H,13,14,15). The fraction of sp³-hybridized carbons (Fsp3) is 0.545. The van der Waals surface area contributed by atoms with Gasteiger partial charge >= 0.3 is 0 Å². The number of aliphatic imine (C=N–C) groups is 1. The van der Waals surface area contributed by atoms with E-state index in [4.69, 9.17) is 4.99 Å². The summed E-state index contributed by atoms with van der Waals surface area (Å²) in [6.07, 6.45) is 7.99. The zero-order valence-corrected chi connectivity index (χ0v) is 8.93. The molecule has 1 aromatic rings. The Hall–Kier alpha value is -1.65. The highest BCUT2D eigenvalue weighted by Gasteiger charge is 2.32. The van der Waals surface area contributed by atoms with Crippen LogP contribution in [0.5, 0.6) is 0 Å². The fourth-order valence-corrected chi connectivity index (χ4v) is 2.91. The van der Waals surface area contributed by atoms with Crippen LogP contribution >= 0.6 is 0 Å². The van der Waals surface area contributed by atoms with Gasteiger partial charge in [-0.15, -0.1) is 10.2 Å². The number of hydrogen-bond donors (Lipinski definition) is 1. The predicted molar refractivity (Wildman–Crippen MR) is 60.3 cm³/mol. The average molecular weight is 215 g/mol. The van der Waals surface area contributed by atoms with E-state index in [0.717, 1.165) is 18.3 Å². The van der Waals surface area contributed by atoms with Crippen LogP contribution in [-0.4, -0.2) is 26.6 Å². The molecular formula is C11H13N5. The van der Waals surface area contributed by atoms with Gasteiger partial charge in [0, 0.05) is 11.5 Å². The van der Waals surface area contributed by atoms with Crippen LogP contribution < -0.4 is 5.32 Å². The topological polar surface area (TPSA) is 55.1 Å². The van der Waals surface area contributed by atoms with Gasteiger partial charge in [-0.2, -0.15) is 0 Å². The van der Waals surface area contributed by atoms with Crippen molar-refractivity contribution in [1.82, 2.24) is 14.8 Å². The van der Waals surface area contributed by atoms with Crippen molar-refractivity contribution < 1.29 is 0 Å². The van der Waals surface area contributed by atoms with Crippen molar-refractivity contribution in [2.75, 3.05) is 5.32 Å². The molecule has 1 fully saturated rings. The third-order valence-corrected chi connectivity index (χ3v) is 3.73. The molecule has 3 heterocycles. The molecule has 0 aromatic carbocycles. The Kier molecular flexibility index (Phi) is 1.56. The van der Waals surface area contributed by atoms with E-state index in [1.165, 1.54) is 24.8 Å². The first-order valence-corrected chi connectivity index (χ1v) is 5.84. The minimum absolute atomic E-state index is 0.501. The van der Waals surface area contributed by atoms with E-state index in [0.29, 0.717) is 12.0 Å². The molecule has 2 unspecified atom stereocenters. The summed E-state index contributed by atoms with van der Waals surface area (Å²) >= 11 is 0. The van der Waals surface area contributed by atoms with Crippen molar-refractivity contribution in [3.8, 4) is 0 Å². The summed E-state index contributed by atoms with van der Waals surface area (Å²) in [4.78, 5) is 4.80. The summed E-state index contributed by atoms with van der Waals surface area (Å²) in [5.41, 5.74) is 1.30. The van der Waals surface area contributed by atoms with E-state index in [1.54, 1.807) is 6.33 Å². The largest absolute Gasteiger partial charge is 0.309 e. The summed E-state index contributed by atoms with van der Waals surface area (Å²) < 4.78 is 2.03. The van der Waals surface area contributed by atoms with Crippen LogP contribution in [0.1, 0.15) is 19.3 Å². The molecule has 5 heteroatoms. The third-order valence-electron chi connectivity index (χ3n) is 3.73. The van der Waals surface area contributed by atoms with Crippen molar-refractivity contribution in [3.63, 3.8) is 0 Å². The predicted octanol–water partition coefficient (Wildman–Crippen LogP) is 1.21. The molecule has 0 radical (unpaired) electrons. The Balaban J connectivity index is 1.77. The lowest BCUT2D eigenvalue weighted by molar-refractivity contribution is 0.566. The van der Waals surface area contributed by atoms with Crippen LogP contribution in [0.15, 0.2) is 23.0 Å². The van der Waals surface area contributed by atoms with Crippen LogP contribution in [-0.2, 0) is 6.54 Å². The highest BCUT2D eigenvalue weighted by atomic mass is 15.4. The number of hydrogen-bond acceptors (Lipinski definition) is 4. The maximum Gasteiger partial charge on any atom is 0.230 e. The van der Waals surface area contributed by atoms with Crippen molar-refractivity contribution >= 4 is 11.8 Å². The Morgan fingerprint density at radius 3 is 3.38 bits per heavy atom. The minimum atomic E-state index is 0.501. The van der Waals surface area contributed by atoms with Crippen molar-refractivity contribution in [2.45, 2.75) is 31.8 Å². The first-order chi connectivity index (χ1) is 7.90. The number of nitrogens with zero attached hydrogens (tertiary/aromatic N) is 4. The maximum absolute atomic E-state index is 4.80. The number of nitrogens with one attached hydrogen (secondary N) is 1. The Labute approximate surface area is 93.3 Å². The number of anilines is 1. The number of aromatic nitrogens is 3. The molecule has 16 heavy (non-hydrogen) atoms. The Morgan fingerprint density at radius 1 is 1.38 bits per heavy atom. The molecule has 82 valence electrons. The quantitative estimate of drug-likeness (QED) is 0.707. The zero-order valence-electron chi connectivity index (χ0n) is 8.93. The molecule has 4 rings (SSSR count). The number of rotatable bonds is 0. The van der Waals surface area contributed by atoms with Crippen LogP contribution in [0.4, 0.5) is 5.95 Å². The van der Waals surface area contributed by atoms with E-state index >= 15 is 0 Å². The Morgan fingerprint density at radius 2 is 2.38 bits per heavy atom. The van der Waals surface area contributed by atoms with E-state index in [1.807, 2.05) is 4.57 Å². The van der Waals surface area contributed by atoms with Crippen LogP contribution in [0.25, 0.3) is 0 Å². The maximum atomic E-state index is 4.80. The lowest BCUT2D eigenvalue weighted by atomic mass is 9.96. The average Bonchev–Trinajstić information content (AvgIpc) is 2.89. The van der Waals surface area contributed by atoms with Gasteiger partial charge in [0.25, 0.3) is 0 Å². The molecule has 0 bridgehead atoms. The van der Waals surface area contributed by atoms with Gasteiger partial charge in [-0.1, -0.05) is 12.5 Å². The van der Waals surface area contributed by atoms with E-state index in [2.05, 4.69) is 21.6 Å². The molecule has 0 amide bonds. The van der Waals surface area contributed by atoms with Gasteiger partial charge in [0.1, 0.15) is 12.2 Å². The highest BCUT2D eigenvalue weighted by molar-refractivity contribution is 6.08. The summed E-state index contributed by atoms with van der Waals surface area (Å²) in [5.74, 6) is 2.49. The molecule has 1 aromatic heterocycles. The van der Waals surface area contributed by atoms with Gasteiger partial charge in [0.15, 0.2) is 0 Å². The molecule has 0 saturated heterocycles. The second-order valence-electron chi connectivity index (χ2n) is 4.74. The SMILES string of the molecule is C1=C2Cn3cnnc3NC2=NC2CCCC12. The first kappa shape index (κ1) is 8.50. The van der Waals surface area contributed by atoms with Gasteiger partial charge in [-0.25, -0.2) is 0 Å². The van der Waals surface area contributed by atoms with Gasteiger partial charge in [0.2, 0.25) is 5.95 Å². The van der Waals surface area contributed by atoms with E-state index in [9.17, 15) is 0 Å². The van der Waals surface area contributed by atoms with Crippen molar-refractivity contribution in [2.24, 2.45) is 10.9 Å². The monoisotopic (exact) mass is 215 g/mol. The molecule has 1 aliphatic carbocycles. The fourth-order valence-electron chi connectivity index (χ4n) is 2.91. The van der Waals surface area contributed by atoms with Gasteiger partial charge in [-0.3, -0.25) is 9.56 Å². The molecule has 3 aliphatic rings. The summed E-state index contributed by atoms with van der Waals surface area (Å²) in [6, 6.07) is 0.501. The number of fused-ring (bicyclic) bond motifs is 3. The molecule has 1 N–H and O–H groups in total. The second-order valence-corrected chi connectivity index (χ2v) is 4.74. The lowest BCUT2D eigenvalue weighted by Crippen LogP contribution is -2.32. The van der Waals surface area contributed by atoms with Crippen molar-refractivity contribution in [3.05, 3.63) is 18.0 Å². The normalized spacial score (nSPS) is 30.8. The van der Waals surface area contributed by atoms with Gasteiger partial charge < -0.3 is 5.32 Å². The molecular weight excluding hydrogens is 202 g/mol. The number of dihydropyridines is 1. The van der Waals surface area contributed by atoms with Crippen LogP contribution in [0, 0.1) is 5.92 Å². The smallest absolute Gasteiger partial charge is 0.230 e. The summed E-state index contributed by atoms with van der Waals surface area (Å²) in [6.45, 7) is 0.859. The first-order valence-electron chi connectivity index (χ1n) is 5.84. The molecule has 2 aliphatic heterocycles.